The Balaban J connectivity index is 0.00000217. The molecule has 0 radical (unpaired) electrons. The maximum Gasteiger partial charge on any atom is 2.00 e. The second kappa shape index (κ2) is 7.58. The van der Waals surface area contributed by atoms with Crippen LogP contribution >= 0.6 is 0 Å². The monoisotopic (exact) mass is 615 g/mol. The van der Waals surface area contributed by atoms with Crippen LogP contribution in [-0.4, -0.2) is 9.97 Å². The molecule has 0 N–H and O–H groups in total. The summed E-state index contributed by atoms with van der Waals surface area (Å²) < 4.78 is 0. The molecule has 2 nitrogen and oxygen atoms in total. The standard InChI is InChI=1S/C31H20N2.Pt/c1-31(2)25-8-4-6-23(18-25)22-5-3-7-24(17-22)26-15-13-20-11-9-19-10-12-21-14-16-27(31)33-30(21)28(19)29(20)32-26;/h3-16H,1-2H3;/q-2;+2. The molecular weight excluding hydrogens is 595 g/mol. The van der Waals surface area contributed by atoms with E-state index in [1.807, 2.05) is 0 Å². The molecule has 0 saturated carbocycles. The van der Waals surface area contributed by atoms with Gasteiger partial charge in [0.1, 0.15) is 0 Å². The number of pyridine rings is 2. The maximum atomic E-state index is 5.27. The van der Waals surface area contributed by atoms with E-state index >= 15 is 0 Å². The first kappa shape index (κ1) is 21.2. The van der Waals surface area contributed by atoms with Crippen LogP contribution in [0.15, 0.2) is 84.9 Å². The van der Waals surface area contributed by atoms with E-state index < -0.39 is 0 Å². The summed E-state index contributed by atoms with van der Waals surface area (Å²) in [7, 11) is 0. The van der Waals surface area contributed by atoms with E-state index in [1.165, 1.54) is 0 Å². The van der Waals surface area contributed by atoms with E-state index in [1.54, 1.807) is 0 Å². The van der Waals surface area contributed by atoms with Crippen molar-refractivity contribution in [2.24, 2.45) is 0 Å². The molecule has 164 valence electrons. The molecule has 0 aliphatic carbocycles. The van der Waals surface area contributed by atoms with Crippen LogP contribution in [0.5, 0.6) is 0 Å². The van der Waals surface area contributed by atoms with Gasteiger partial charge in [-0.2, -0.15) is 35.9 Å². The Morgan fingerprint density at radius 2 is 1.18 bits per heavy atom. The predicted octanol–water partition coefficient (Wildman–Crippen LogP) is 7.51. The van der Waals surface area contributed by atoms with Gasteiger partial charge in [-0.25, -0.2) is 5.56 Å². The number of benzene rings is 4. The molecule has 4 aromatic carbocycles. The minimum Gasteiger partial charge on any atom is -0.286 e. The average molecular weight is 616 g/mol. The fourth-order valence-corrected chi connectivity index (χ4v) is 4.98. The molecule has 1 aliphatic heterocycles. The summed E-state index contributed by atoms with van der Waals surface area (Å²) in [4.78, 5) is 10.4. The number of aromatic nitrogens is 2. The first-order valence-corrected chi connectivity index (χ1v) is 11.3. The van der Waals surface area contributed by atoms with Crippen molar-refractivity contribution >= 4 is 32.6 Å². The summed E-state index contributed by atoms with van der Waals surface area (Å²) in [6.45, 7) is 4.45. The van der Waals surface area contributed by atoms with E-state index in [0.717, 1.165) is 66.2 Å². The van der Waals surface area contributed by atoms with Gasteiger partial charge in [0.15, 0.2) is 0 Å². The molecule has 34 heavy (non-hydrogen) atoms. The Hall–Kier alpha value is -3.35. The summed E-state index contributed by atoms with van der Waals surface area (Å²) in [5.41, 5.74) is 7.77. The van der Waals surface area contributed by atoms with Gasteiger partial charge in [-0.15, -0.1) is 29.3 Å². The van der Waals surface area contributed by atoms with Crippen molar-refractivity contribution in [3.05, 3.63) is 108 Å². The van der Waals surface area contributed by atoms with E-state index in [9.17, 15) is 0 Å². The van der Waals surface area contributed by atoms with E-state index in [-0.39, 0.29) is 26.5 Å². The summed E-state index contributed by atoms with van der Waals surface area (Å²) in [6.07, 6.45) is 0. The molecule has 7 rings (SSSR count). The molecule has 2 aromatic heterocycles. The van der Waals surface area contributed by atoms with E-state index in [0.29, 0.717) is 0 Å². The van der Waals surface area contributed by atoms with Crippen LogP contribution in [0.25, 0.3) is 55.0 Å². The van der Waals surface area contributed by atoms with Crippen LogP contribution in [0.2, 0.25) is 0 Å². The molecule has 3 heterocycles. The summed E-state index contributed by atoms with van der Waals surface area (Å²) in [5.74, 6) is 0. The average Bonchev–Trinajstić information content (AvgIpc) is 2.87. The Kier molecular flexibility index (Phi) is 4.73. The second-order valence-corrected chi connectivity index (χ2v) is 9.35. The van der Waals surface area contributed by atoms with Gasteiger partial charge >= 0.3 is 21.1 Å². The zero-order chi connectivity index (χ0) is 22.2. The van der Waals surface area contributed by atoms with Crippen LogP contribution in [0, 0.1) is 12.1 Å². The minimum atomic E-state index is -0.308. The van der Waals surface area contributed by atoms with E-state index in [4.69, 9.17) is 9.97 Å². The van der Waals surface area contributed by atoms with Gasteiger partial charge in [0.25, 0.3) is 0 Å². The Morgan fingerprint density at radius 1 is 0.588 bits per heavy atom. The van der Waals surface area contributed by atoms with Gasteiger partial charge in [0.2, 0.25) is 0 Å². The molecule has 0 amide bonds. The third-order valence-electron chi connectivity index (χ3n) is 6.97. The summed E-state index contributed by atoms with van der Waals surface area (Å²) in [5, 5.41) is 4.50. The third-order valence-corrected chi connectivity index (χ3v) is 6.97. The Bertz CT molecular complexity index is 1750. The maximum absolute atomic E-state index is 5.27. The third kappa shape index (κ3) is 3.06. The topological polar surface area (TPSA) is 25.8 Å². The van der Waals surface area contributed by atoms with Crippen molar-refractivity contribution < 1.29 is 21.1 Å². The first-order valence-electron chi connectivity index (χ1n) is 11.3. The molecule has 1 aliphatic rings. The zero-order valence-electron chi connectivity index (χ0n) is 18.8. The number of rotatable bonds is 0. The van der Waals surface area contributed by atoms with Crippen LogP contribution in [0.4, 0.5) is 0 Å². The number of hydrogen-bond acceptors (Lipinski definition) is 2. The van der Waals surface area contributed by atoms with Gasteiger partial charge in [0.05, 0.1) is 11.0 Å². The fourth-order valence-electron chi connectivity index (χ4n) is 4.98. The molecule has 3 heteroatoms. The van der Waals surface area contributed by atoms with Gasteiger partial charge in [-0.3, -0.25) is 9.97 Å². The van der Waals surface area contributed by atoms with Crippen LogP contribution in [0.1, 0.15) is 25.1 Å². The molecular formula is C31H20N2Pt. The molecule has 0 saturated heterocycles. The molecule has 6 aromatic rings. The van der Waals surface area contributed by atoms with Gasteiger partial charge < -0.3 is 0 Å². The van der Waals surface area contributed by atoms with Gasteiger partial charge in [-0.05, 0) is 16.8 Å². The summed E-state index contributed by atoms with van der Waals surface area (Å²) >= 11 is 0. The largest absolute Gasteiger partial charge is 2.00 e. The van der Waals surface area contributed by atoms with Gasteiger partial charge in [-0.1, -0.05) is 56.3 Å². The molecule has 0 spiro atoms. The fraction of sp³-hybridized carbons (Fsp3) is 0.0968. The molecule has 0 fully saturated rings. The summed E-state index contributed by atoms with van der Waals surface area (Å²) in [6, 6.07) is 37.1. The van der Waals surface area contributed by atoms with Crippen molar-refractivity contribution in [2.75, 3.05) is 0 Å². The SMILES string of the molecule is CC1(C)c2[c-]c(ccc2)-c2[c-]c(ccc2)-c2ccc3ccc4ccc5ccc1nc5c4c3n2.[Pt+2]. The Labute approximate surface area is 213 Å². The second-order valence-electron chi connectivity index (χ2n) is 9.35. The number of nitrogens with zero attached hydrogens (tertiary/aromatic N) is 2. The van der Waals surface area contributed by atoms with Crippen molar-refractivity contribution in [1.82, 2.24) is 9.97 Å². The zero-order valence-corrected chi connectivity index (χ0v) is 21.1. The predicted molar refractivity (Wildman–Crippen MR) is 135 cm³/mol. The van der Waals surface area contributed by atoms with Crippen LogP contribution < -0.4 is 0 Å². The van der Waals surface area contributed by atoms with Crippen LogP contribution in [0.3, 0.4) is 0 Å². The van der Waals surface area contributed by atoms with Crippen molar-refractivity contribution in [2.45, 2.75) is 19.3 Å². The minimum absolute atomic E-state index is 0. The molecule has 0 unspecified atom stereocenters. The smallest absolute Gasteiger partial charge is 0.286 e. The molecule has 8 bridgehead atoms. The van der Waals surface area contributed by atoms with Gasteiger partial charge in [0, 0.05) is 27.6 Å². The van der Waals surface area contributed by atoms with Crippen molar-refractivity contribution in [1.29, 1.82) is 0 Å². The van der Waals surface area contributed by atoms with Crippen molar-refractivity contribution in [3.63, 3.8) is 0 Å². The Morgan fingerprint density at radius 3 is 1.97 bits per heavy atom. The number of fused-ring (bicyclic) bond motifs is 8. The normalized spacial score (nSPS) is 13.6. The van der Waals surface area contributed by atoms with Crippen molar-refractivity contribution in [3.8, 4) is 22.4 Å². The molecule has 0 atom stereocenters. The van der Waals surface area contributed by atoms with E-state index in [2.05, 4.69) is 111 Å². The first-order chi connectivity index (χ1) is 16.1. The van der Waals surface area contributed by atoms with Crippen LogP contribution in [-0.2, 0) is 26.5 Å². The quantitative estimate of drug-likeness (QED) is 0.131. The number of hydrogen-bond donors (Lipinski definition) is 0.